The average Bonchev–Trinajstić information content (AvgIpc) is 2.79. The SMILES string of the molecule is Cc1ccc(Cl)cc1N=Nc1c(O)n(C2CSC2)c2ccc(Br)cc12. The first-order valence-electron chi connectivity index (χ1n) is 7.82. The van der Waals surface area contributed by atoms with E-state index in [-0.39, 0.29) is 5.88 Å². The summed E-state index contributed by atoms with van der Waals surface area (Å²) in [6.07, 6.45) is 0. The van der Waals surface area contributed by atoms with E-state index < -0.39 is 0 Å². The lowest BCUT2D eigenvalue weighted by atomic mass is 10.2. The first kappa shape index (κ1) is 16.9. The number of aromatic hydroxyl groups is 1. The highest BCUT2D eigenvalue weighted by Gasteiger charge is 2.27. The average molecular weight is 437 g/mol. The molecule has 2 aromatic carbocycles. The van der Waals surface area contributed by atoms with Gasteiger partial charge in [-0.1, -0.05) is 33.6 Å². The van der Waals surface area contributed by atoms with Crippen molar-refractivity contribution in [3.05, 3.63) is 51.5 Å². The van der Waals surface area contributed by atoms with Crippen molar-refractivity contribution in [3.63, 3.8) is 0 Å². The Morgan fingerprint density at radius 3 is 2.72 bits per heavy atom. The molecule has 0 aliphatic carbocycles. The van der Waals surface area contributed by atoms with Crippen molar-refractivity contribution >= 4 is 61.6 Å². The molecule has 3 aromatic rings. The van der Waals surface area contributed by atoms with Crippen molar-refractivity contribution < 1.29 is 5.11 Å². The smallest absolute Gasteiger partial charge is 0.221 e. The molecule has 4 rings (SSSR count). The van der Waals surface area contributed by atoms with Gasteiger partial charge in [0.2, 0.25) is 5.88 Å². The van der Waals surface area contributed by atoms with Crippen LogP contribution in [0, 0.1) is 6.92 Å². The Morgan fingerprint density at radius 1 is 1.20 bits per heavy atom. The quantitative estimate of drug-likeness (QED) is 0.460. The van der Waals surface area contributed by atoms with Crippen LogP contribution in [-0.2, 0) is 0 Å². The van der Waals surface area contributed by atoms with Crippen LogP contribution in [-0.4, -0.2) is 21.2 Å². The Morgan fingerprint density at radius 2 is 2.00 bits per heavy atom. The monoisotopic (exact) mass is 435 g/mol. The standard InChI is InChI=1S/C18H15BrClN3OS/c1-10-2-4-12(20)7-15(10)21-22-17-14-6-11(19)3-5-16(14)23(18(17)24)13-8-25-9-13/h2-7,13,24H,8-9H2,1H3. The van der Waals surface area contributed by atoms with Gasteiger partial charge in [-0.25, -0.2) is 0 Å². The van der Waals surface area contributed by atoms with Crippen LogP contribution in [0.15, 0.2) is 51.1 Å². The minimum absolute atomic E-state index is 0.168. The molecule has 0 spiro atoms. The van der Waals surface area contributed by atoms with E-state index in [1.54, 1.807) is 6.07 Å². The van der Waals surface area contributed by atoms with E-state index in [9.17, 15) is 5.11 Å². The number of fused-ring (bicyclic) bond motifs is 1. The van der Waals surface area contributed by atoms with Gasteiger partial charge in [-0.3, -0.25) is 0 Å². The van der Waals surface area contributed by atoms with Crippen molar-refractivity contribution in [2.75, 3.05) is 11.5 Å². The molecule has 7 heteroatoms. The number of thioether (sulfide) groups is 1. The van der Waals surface area contributed by atoms with Crippen LogP contribution in [0.3, 0.4) is 0 Å². The molecule has 0 bridgehead atoms. The number of rotatable bonds is 3. The van der Waals surface area contributed by atoms with Crippen molar-refractivity contribution in [2.45, 2.75) is 13.0 Å². The maximum absolute atomic E-state index is 10.8. The van der Waals surface area contributed by atoms with Gasteiger partial charge in [0.25, 0.3) is 0 Å². The van der Waals surface area contributed by atoms with Gasteiger partial charge >= 0.3 is 0 Å². The van der Waals surface area contributed by atoms with Gasteiger partial charge in [0.05, 0.1) is 17.2 Å². The number of aromatic nitrogens is 1. The fourth-order valence-corrected chi connectivity index (χ4v) is 4.16. The molecule has 0 amide bonds. The Hall–Kier alpha value is -1.50. The highest BCUT2D eigenvalue weighted by atomic mass is 79.9. The number of aryl methyl sites for hydroxylation is 1. The second kappa shape index (κ2) is 6.67. The van der Waals surface area contributed by atoms with E-state index in [0.717, 1.165) is 32.4 Å². The van der Waals surface area contributed by atoms with Crippen LogP contribution in [0.25, 0.3) is 10.9 Å². The third-order valence-electron chi connectivity index (χ3n) is 4.33. The molecule has 2 heterocycles. The zero-order valence-corrected chi connectivity index (χ0v) is 16.6. The number of nitrogens with zero attached hydrogens (tertiary/aromatic N) is 3. The van der Waals surface area contributed by atoms with Crippen LogP contribution in [0.2, 0.25) is 5.02 Å². The van der Waals surface area contributed by atoms with Gasteiger partial charge < -0.3 is 9.67 Å². The molecule has 1 fully saturated rings. The van der Waals surface area contributed by atoms with Crippen LogP contribution in [0.4, 0.5) is 11.4 Å². The lowest BCUT2D eigenvalue weighted by Gasteiger charge is -2.27. The molecule has 1 aliphatic rings. The van der Waals surface area contributed by atoms with Crippen molar-refractivity contribution in [2.24, 2.45) is 10.2 Å². The summed E-state index contributed by atoms with van der Waals surface area (Å²) in [5, 5.41) is 21.0. The van der Waals surface area contributed by atoms with Gasteiger partial charge in [-0.2, -0.15) is 16.9 Å². The van der Waals surface area contributed by atoms with E-state index in [0.29, 0.717) is 22.4 Å². The first-order chi connectivity index (χ1) is 12.0. The molecule has 0 atom stereocenters. The molecule has 0 unspecified atom stereocenters. The van der Waals surface area contributed by atoms with Crippen molar-refractivity contribution in [1.29, 1.82) is 0 Å². The van der Waals surface area contributed by atoms with Crippen LogP contribution in [0.1, 0.15) is 11.6 Å². The molecule has 128 valence electrons. The third-order valence-corrected chi connectivity index (χ3v) is 6.30. The fraction of sp³-hybridized carbons (Fsp3) is 0.222. The molecule has 0 saturated carbocycles. The van der Waals surface area contributed by atoms with Gasteiger partial charge in [-0.05, 0) is 42.8 Å². The predicted octanol–water partition coefficient (Wildman–Crippen LogP) is 6.77. The zero-order chi connectivity index (χ0) is 17.6. The number of hydrogen-bond acceptors (Lipinski definition) is 4. The highest BCUT2D eigenvalue weighted by Crippen LogP contribution is 2.45. The number of benzene rings is 2. The zero-order valence-electron chi connectivity index (χ0n) is 13.4. The Balaban J connectivity index is 1.86. The first-order valence-corrected chi connectivity index (χ1v) is 10.1. The summed E-state index contributed by atoms with van der Waals surface area (Å²) in [5.41, 5.74) is 3.14. The number of azo groups is 1. The Bertz CT molecular complexity index is 998. The molecule has 1 aromatic heterocycles. The summed E-state index contributed by atoms with van der Waals surface area (Å²) in [4.78, 5) is 0. The topological polar surface area (TPSA) is 49.9 Å². The lowest BCUT2D eigenvalue weighted by molar-refractivity contribution is 0.406. The summed E-state index contributed by atoms with van der Waals surface area (Å²) in [6.45, 7) is 1.95. The van der Waals surface area contributed by atoms with Crippen LogP contribution < -0.4 is 0 Å². The van der Waals surface area contributed by atoms with Crippen LogP contribution in [0.5, 0.6) is 5.88 Å². The minimum atomic E-state index is 0.168. The molecule has 25 heavy (non-hydrogen) atoms. The summed E-state index contributed by atoms with van der Waals surface area (Å²) in [7, 11) is 0. The molecular weight excluding hydrogens is 422 g/mol. The molecule has 1 N–H and O–H groups in total. The summed E-state index contributed by atoms with van der Waals surface area (Å²) in [5.74, 6) is 2.16. The number of halogens is 2. The van der Waals surface area contributed by atoms with Crippen molar-refractivity contribution in [1.82, 2.24) is 4.57 Å². The maximum atomic E-state index is 10.8. The van der Waals surface area contributed by atoms with Gasteiger partial charge in [0, 0.05) is 26.4 Å². The fourth-order valence-electron chi connectivity index (χ4n) is 2.89. The van der Waals surface area contributed by atoms with Gasteiger partial charge in [0.15, 0.2) is 5.69 Å². The molecule has 1 aliphatic heterocycles. The summed E-state index contributed by atoms with van der Waals surface area (Å²) >= 11 is 11.4. The Labute approximate surface area is 163 Å². The molecular formula is C18H15BrClN3OS. The lowest BCUT2D eigenvalue weighted by Crippen LogP contribution is -2.22. The summed E-state index contributed by atoms with van der Waals surface area (Å²) in [6, 6.07) is 11.8. The van der Waals surface area contributed by atoms with E-state index in [4.69, 9.17) is 11.6 Å². The Kier molecular flexibility index (Phi) is 4.52. The van der Waals surface area contributed by atoms with E-state index in [1.807, 2.05) is 53.6 Å². The van der Waals surface area contributed by atoms with Gasteiger partial charge in [0.1, 0.15) is 0 Å². The predicted molar refractivity (Wildman–Crippen MR) is 108 cm³/mol. The number of hydrogen-bond donors (Lipinski definition) is 1. The summed E-state index contributed by atoms with van der Waals surface area (Å²) < 4.78 is 2.91. The second-order valence-corrected chi connectivity index (χ2v) is 8.45. The molecule has 0 radical (unpaired) electrons. The molecule has 1 saturated heterocycles. The normalized spacial score (nSPS) is 15.2. The third kappa shape index (κ3) is 3.07. The van der Waals surface area contributed by atoms with E-state index in [1.165, 1.54) is 0 Å². The van der Waals surface area contributed by atoms with Gasteiger partial charge in [-0.15, -0.1) is 5.11 Å². The van der Waals surface area contributed by atoms with E-state index in [2.05, 4.69) is 26.2 Å². The highest BCUT2D eigenvalue weighted by molar-refractivity contribution is 9.10. The molecule has 4 nitrogen and oxygen atoms in total. The largest absolute Gasteiger partial charge is 0.493 e. The maximum Gasteiger partial charge on any atom is 0.221 e. The minimum Gasteiger partial charge on any atom is -0.493 e. The van der Waals surface area contributed by atoms with Crippen LogP contribution >= 0.6 is 39.3 Å². The van der Waals surface area contributed by atoms with Crippen molar-refractivity contribution in [3.8, 4) is 5.88 Å². The van der Waals surface area contributed by atoms with E-state index >= 15 is 0 Å². The second-order valence-electron chi connectivity index (χ2n) is 6.03.